The fraction of sp³-hybridized carbons (Fsp3) is 0.364. The number of rotatable bonds is 3. The van der Waals surface area contributed by atoms with Crippen LogP contribution >= 0.6 is 0 Å². The van der Waals surface area contributed by atoms with Gasteiger partial charge in [0.15, 0.2) is 0 Å². The molecule has 0 amide bonds. The molecule has 0 heterocycles. The lowest BCUT2D eigenvalue weighted by molar-refractivity contribution is -0.145. The Bertz CT molecular complexity index is 376. The Balaban J connectivity index is 3.04. The second-order valence-electron chi connectivity index (χ2n) is 3.60. The number of hydrogen-bond donors (Lipinski definition) is 2. The molecular weight excluding hydrogens is 199 g/mol. The van der Waals surface area contributed by atoms with Crippen molar-refractivity contribution in [3.63, 3.8) is 0 Å². The van der Waals surface area contributed by atoms with Crippen LogP contribution in [0, 0.1) is 18.7 Å². The highest BCUT2D eigenvalue weighted by molar-refractivity contribution is 5.70. The Morgan fingerprint density at radius 2 is 2.07 bits per heavy atom. The third-order valence-corrected chi connectivity index (χ3v) is 2.33. The zero-order valence-corrected chi connectivity index (χ0v) is 8.57. The van der Waals surface area contributed by atoms with Crippen molar-refractivity contribution < 1.29 is 19.4 Å². The summed E-state index contributed by atoms with van der Waals surface area (Å²) >= 11 is 0. The van der Waals surface area contributed by atoms with Gasteiger partial charge < -0.3 is 10.2 Å². The summed E-state index contributed by atoms with van der Waals surface area (Å²) in [5, 5.41) is 18.3. The lowest BCUT2D eigenvalue weighted by atomic mass is 9.96. The molecule has 2 N–H and O–H groups in total. The van der Waals surface area contributed by atoms with Crippen LogP contribution < -0.4 is 0 Å². The molecule has 15 heavy (non-hydrogen) atoms. The Labute approximate surface area is 87.2 Å². The molecule has 82 valence electrons. The van der Waals surface area contributed by atoms with Crippen molar-refractivity contribution in [3.8, 4) is 0 Å². The first-order chi connectivity index (χ1) is 6.93. The van der Waals surface area contributed by atoms with Gasteiger partial charge in [-0.3, -0.25) is 4.79 Å². The third kappa shape index (κ3) is 2.53. The van der Waals surface area contributed by atoms with Crippen molar-refractivity contribution in [2.45, 2.75) is 20.0 Å². The maximum absolute atomic E-state index is 13.3. The second kappa shape index (κ2) is 4.40. The van der Waals surface area contributed by atoms with E-state index in [4.69, 9.17) is 5.11 Å². The molecule has 0 bridgehead atoms. The van der Waals surface area contributed by atoms with E-state index in [-0.39, 0.29) is 5.56 Å². The van der Waals surface area contributed by atoms with Gasteiger partial charge in [0.05, 0.1) is 12.0 Å². The van der Waals surface area contributed by atoms with E-state index >= 15 is 0 Å². The minimum atomic E-state index is -1.32. The van der Waals surface area contributed by atoms with Gasteiger partial charge in [-0.1, -0.05) is 17.7 Å². The molecule has 0 aliphatic heterocycles. The van der Waals surface area contributed by atoms with Crippen LogP contribution in [0.15, 0.2) is 18.2 Å². The Hall–Kier alpha value is -1.42. The summed E-state index contributed by atoms with van der Waals surface area (Å²) < 4.78 is 13.3. The number of carbonyl (C=O) groups is 1. The van der Waals surface area contributed by atoms with Gasteiger partial charge in [0.25, 0.3) is 0 Å². The van der Waals surface area contributed by atoms with Gasteiger partial charge >= 0.3 is 5.97 Å². The average molecular weight is 212 g/mol. The quantitative estimate of drug-likeness (QED) is 0.804. The van der Waals surface area contributed by atoms with Crippen LogP contribution in [0.2, 0.25) is 0 Å². The summed E-state index contributed by atoms with van der Waals surface area (Å²) in [7, 11) is 0. The number of benzene rings is 1. The van der Waals surface area contributed by atoms with Crippen molar-refractivity contribution in [3.05, 3.63) is 35.1 Å². The fourth-order valence-electron chi connectivity index (χ4n) is 1.29. The van der Waals surface area contributed by atoms with Gasteiger partial charge in [0.2, 0.25) is 0 Å². The SMILES string of the molecule is Cc1ccc(F)c(C(O)C(C)C(=O)O)c1. The van der Waals surface area contributed by atoms with Gasteiger partial charge in [0, 0.05) is 5.56 Å². The zero-order valence-electron chi connectivity index (χ0n) is 8.57. The first kappa shape index (κ1) is 11.7. The van der Waals surface area contributed by atoms with E-state index in [0.717, 1.165) is 5.56 Å². The summed E-state index contributed by atoms with van der Waals surface area (Å²) in [6, 6.07) is 4.25. The predicted molar refractivity (Wildman–Crippen MR) is 52.9 cm³/mol. The maximum Gasteiger partial charge on any atom is 0.309 e. The monoisotopic (exact) mass is 212 g/mol. The van der Waals surface area contributed by atoms with Crippen LogP contribution in [0.25, 0.3) is 0 Å². The van der Waals surface area contributed by atoms with Gasteiger partial charge in [0.1, 0.15) is 5.82 Å². The first-order valence-corrected chi connectivity index (χ1v) is 4.60. The number of aryl methyl sites for hydroxylation is 1. The Kier molecular flexibility index (Phi) is 3.42. The zero-order chi connectivity index (χ0) is 11.6. The molecule has 0 aliphatic carbocycles. The van der Waals surface area contributed by atoms with E-state index in [0.29, 0.717) is 0 Å². The summed E-state index contributed by atoms with van der Waals surface area (Å²) in [5.41, 5.74) is 0.813. The number of aliphatic carboxylic acids is 1. The predicted octanol–water partition coefficient (Wildman–Crippen LogP) is 1.89. The largest absolute Gasteiger partial charge is 0.481 e. The topological polar surface area (TPSA) is 57.5 Å². The number of aliphatic hydroxyl groups is 1. The van der Waals surface area contributed by atoms with Crippen LogP contribution in [0.5, 0.6) is 0 Å². The van der Waals surface area contributed by atoms with E-state index in [2.05, 4.69) is 0 Å². The number of aliphatic hydroxyl groups excluding tert-OH is 1. The summed E-state index contributed by atoms with van der Waals surface area (Å²) in [4.78, 5) is 10.6. The van der Waals surface area contributed by atoms with Crippen LogP contribution in [0.3, 0.4) is 0 Å². The molecule has 4 heteroatoms. The Morgan fingerprint density at radius 1 is 1.47 bits per heavy atom. The highest BCUT2D eigenvalue weighted by atomic mass is 19.1. The minimum absolute atomic E-state index is 0.0323. The summed E-state index contributed by atoms with van der Waals surface area (Å²) in [5.74, 6) is -2.76. The van der Waals surface area contributed by atoms with E-state index in [1.807, 2.05) is 0 Å². The maximum atomic E-state index is 13.3. The number of carboxylic acids is 1. The fourth-order valence-corrected chi connectivity index (χ4v) is 1.29. The van der Waals surface area contributed by atoms with E-state index in [1.54, 1.807) is 13.0 Å². The van der Waals surface area contributed by atoms with Gasteiger partial charge in [-0.25, -0.2) is 4.39 Å². The number of hydrogen-bond acceptors (Lipinski definition) is 2. The van der Waals surface area contributed by atoms with Gasteiger partial charge in [-0.15, -0.1) is 0 Å². The van der Waals surface area contributed by atoms with Gasteiger partial charge in [-0.05, 0) is 19.9 Å². The number of halogens is 1. The molecule has 0 saturated heterocycles. The lowest BCUT2D eigenvalue weighted by Gasteiger charge is -2.16. The first-order valence-electron chi connectivity index (χ1n) is 4.60. The Morgan fingerprint density at radius 3 is 2.60 bits per heavy atom. The number of carboxylic acid groups (broad SMARTS) is 1. The van der Waals surface area contributed by atoms with E-state index in [1.165, 1.54) is 19.1 Å². The second-order valence-corrected chi connectivity index (χ2v) is 3.60. The molecule has 2 unspecified atom stereocenters. The minimum Gasteiger partial charge on any atom is -0.481 e. The van der Waals surface area contributed by atoms with Crippen molar-refractivity contribution >= 4 is 5.97 Å². The standard InChI is InChI=1S/C11H13FO3/c1-6-3-4-9(12)8(5-6)10(13)7(2)11(14)15/h3-5,7,10,13H,1-2H3,(H,14,15). The molecule has 0 aromatic heterocycles. The molecule has 0 fully saturated rings. The molecule has 0 aliphatic rings. The molecule has 0 saturated carbocycles. The lowest BCUT2D eigenvalue weighted by Crippen LogP contribution is -2.19. The van der Waals surface area contributed by atoms with Crippen LogP contribution in [0.4, 0.5) is 4.39 Å². The van der Waals surface area contributed by atoms with Crippen molar-refractivity contribution in [2.24, 2.45) is 5.92 Å². The van der Waals surface area contributed by atoms with Gasteiger partial charge in [-0.2, -0.15) is 0 Å². The molecule has 1 rings (SSSR count). The third-order valence-electron chi connectivity index (χ3n) is 2.33. The highest BCUT2D eigenvalue weighted by Crippen LogP contribution is 2.25. The van der Waals surface area contributed by atoms with E-state index in [9.17, 15) is 14.3 Å². The molecule has 2 atom stereocenters. The highest BCUT2D eigenvalue weighted by Gasteiger charge is 2.25. The molecule has 0 radical (unpaired) electrons. The van der Waals surface area contributed by atoms with Crippen LogP contribution in [-0.2, 0) is 4.79 Å². The van der Waals surface area contributed by atoms with Crippen molar-refractivity contribution in [1.29, 1.82) is 0 Å². The van der Waals surface area contributed by atoms with Crippen LogP contribution in [-0.4, -0.2) is 16.2 Å². The summed E-state index contributed by atoms with van der Waals surface area (Å²) in [6.45, 7) is 3.09. The van der Waals surface area contributed by atoms with Crippen molar-refractivity contribution in [2.75, 3.05) is 0 Å². The normalized spacial score (nSPS) is 14.7. The van der Waals surface area contributed by atoms with Crippen LogP contribution in [0.1, 0.15) is 24.2 Å². The molecule has 1 aromatic rings. The molecule has 3 nitrogen and oxygen atoms in total. The molecule has 0 spiro atoms. The molecule has 1 aromatic carbocycles. The summed E-state index contributed by atoms with van der Waals surface area (Å²) in [6.07, 6.45) is -1.32. The average Bonchev–Trinajstić information content (AvgIpc) is 2.19. The van der Waals surface area contributed by atoms with E-state index < -0.39 is 23.8 Å². The molecular formula is C11H13FO3. The van der Waals surface area contributed by atoms with Crippen molar-refractivity contribution in [1.82, 2.24) is 0 Å². The smallest absolute Gasteiger partial charge is 0.309 e.